The van der Waals surface area contributed by atoms with Crippen molar-refractivity contribution in [2.75, 3.05) is 24.7 Å². The van der Waals surface area contributed by atoms with Crippen LogP contribution in [0.2, 0.25) is 0 Å². The summed E-state index contributed by atoms with van der Waals surface area (Å²) >= 11 is 0. The minimum atomic E-state index is -3.33. The summed E-state index contributed by atoms with van der Waals surface area (Å²) in [6.07, 6.45) is 1.16. The molecule has 0 bridgehead atoms. The van der Waals surface area contributed by atoms with Gasteiger partial charge in [-0.3, -0.25) is 9.10 Å². The second kappa shape index (κ2) is 9.65. The normalized spacial score (nSPS) is 13.3. The molecule has 0 fully saturated rings. The first kappa shape index (κ1) is 22.5. The zero-order valence-electron chi connectivity index (χ0n) is 17.4. The van der Waals surface area contributed by atoms with Crippen LogP contribution in [0.3, 0.4) is 0 Å². The van der Waals surface area contributed by atoms with Crippen molar-refractivity contribution in [3.05, 3.63) is 54.1 Å². The number of sulfonamides is 1. The Kier molecular flexibility index (Phi) is 7.50. The largest absolute Gasteiger partial charge is 0.497 e. The number of rotatable bonds is 9. The number of anilines is 1. The standard InChI is InChI=1S/C21H28N2O5S/c1-6-20(16-7-11-18(27-4)12-8-16)22-21(24)15(2)28-19-13-9-17(10-14-19)23(3)29(5,25)26/h7-15,20H,6H2,1-5H3,(H,22,24)/t15-,20+/m1/s1. The summed E-state index contributed by atoms with van der Waals surface area (Å²) in [6, 6.07) is 14.0. The van der Waals surface area contributed by atoms with Gasteiger partial charge in [-0.05, 0) is 55.3 Å². The van der Waals surface area contributed by atoms with Crippen molar-refractivity contribution in [2.45, 2.75) is 32.4 Å². The molecule has 0 radical (unpaired) electrons. The fourth-order valence-electron chi connectivity index (χ4n) is 2.73. The lowest BCUT2D eigenvalue weighted by Crippen LogP contribution is -2.38. The van der Waals surface area contributed by atoms with Crippen molar-refractivity contribution in [1.82, 2.24) is 5.32 Å². The van der Waals surface area contributed by atoms with Gasteiger partial charge in [-0.25, -0.2) is 8.42 Å². The molecule has 2 atom stereocenters. The fraction of sp³-hybridized carbons (Fsp3) is 0.381. The Labute approximate surface area is 172 Å². The lowest BCUT2D eigenvalue weighted by atomic mass is 10.0. The van der Waals surface area contributed by atoms with Crippen LogP contribution in [0.1, 0.15) is 31.9 Å². The topological polar surface area (TPSA) is 84.9 Å². The molecule has 2 aromatic carbocycles. The third-order valence-corrected chi connectivity index (χ3v) is 5.83. The molecular formula is C21H28N2O5S. The van der Waals surface area contributed by atoms with Crippen molar-refractivity contribution >= 4 is 21.6 Å². The zero-order chi connectivity index (χ0) is 21.6. The maximum Gasteiger partial charge on any atom is 0.261 e. The van der Waals surface area contributed by atoms with Gasteiger partial charge in [0.2, 0.25) is 10.0 Å². The van der Waals surface area contributed by atoms with Crippen molar-refractivity contribution in [3.8, 4) is 11.5 Å². The maximum atomic E-state index is 12.6. The molecule has 0 saturated heterocycles. The minimum Gasteiger partial charge on any atom is -0.497 e. The molecule has 0 spiro atoms. The Balaban J connectivity index is 2.00. The van der Waals surface area contributed by atoms with Gasteiger partial charge in [0, 0.05) is 7.05 Å². The zero-order valence-corrected chi connectivity index (χ0v) is 18.2. The third kappa shape index (κ3) is 6.12. The van der Waals surface area contributed by atoms with E-state index in [4.69, 9.17) is 9.47 Å². The van der Waals surface area contributed by atoms with E-state index in [-0.39, 0.29) is 11.9 Å². The first-order valence-corrected chi connectivity index (χ1v) is 11.2. The summed E-state index contributed by atoms with van der Waals surface area (Å²) in [5.41, 5.74) is 1.50. The average Bonchev–Trinajstić information content (AvgIpc) is 2.71. The summed E-state index contributed by atoms with van der Waals surface area (Å²) in [5, 5.41) is 3.00. The monoisotopic (exact) mass is 420 g/mol. The van der Waals surface area contributed by atoms with E-state index in [1.54, 1.807) is 38.3 Å². The summed E-state index contributed by atoms with van der Waals surface area (Å²) in [4.78, 5) is 12.6. The molecule has 0 aliphatic carbocycles. The summed E-state index contributed by atoms with van der Waals surface area (Å²) in [7, 11) is -0.245. The number of methoxy groups -OCH3 is 1. The molecule has 29 heavy (non-hydrogen) atoms. The summed E-state index contributed by atoms with van der Waals surface area (Å²) in [5.74, 6) is 1.01. The highest BCUT2D eigenvalue weighted by Gasteiger charge is 2.20. The van der Waals surface area contributed by atoms with Gasteiger partial charge in [0.1, 0.15) is 11.5 Å². The van der Waals surface area contributed by atoms with Gasteiger partial charge in [0.15, 0.2) is 6.10 Å². The lowest BCUT2D eigenvalue weighted by Gasteiger charge is -2.21. The lowest BCUT2D eigenvalue weighted by molar-refractivity contribution is -0.128. The molecule has 2 rings (SSSR count). The molecule has 1 N–H and O–H groups in total. The number of hydrogen-bond donors (Lipinski definition) is 1. The molecule has 0 aliphatic rings. The molecule has 158 valence electrons. The van der Waals surface area contributed by atoms with Crippen LogP contribution >= 0.6 is 0 Å². The molecule has 0 saturated carbocycles. The van der Waals surface area contributed by atoms with Crippen molar-refractivity contribution in [2.24, 2.45) is 0 Å². The highest BCUT2D eigenvalue weighted by molar-refractivity contribution is 7.92. The van der Waals surface area contributed by atoms with Gasteiger partial charge in [0.05, 0.1) is 25.1 Å². The van der Waals surface area contributed by atoms with E-state index in [0.717, 1.165) is 24.0 Å². The molecule has 0 aromatic heterocycles. The maximum absolute atomic E-state index is 12.6. The van der Waals surface area contributed by atoms with Gasteiger partial charge >= 0.3 is 0 Å². The van der Waals surface area contributed by atoms with Crippen LogP contribution in [-0.4, -0.2) is 40.8 Å². The predicted octanol–water partition coefficient (Wildman–Crippen LogP) is 3.13. The van der Waals surface area contributed by atoms with Crippen LogP contribution in [0.5, 0.6) is 11.5 Å². The van der Waals surface area contributed by atoms with Gasteiger partial charge in [-0.2, -0.15) is 0 Å². The van der Waals surface area contributed by atoms with Crippen LogP contribution < -0.4 is 19.1 Å². The Morgan fingerprint density at radius 2 is 1.62 bits per heavy atom. The van der Waals surface area contributed by atoms with E-state index in [2.05, 4.69) is 5.32 Å². The number of carbonyl (C=O) groups excluding carboxylic acids is 1. The number of ether oxygens (including phenoxy) is 2. The Morgan fingerprint density at radius 1 is 1.07 bits per heavy atom. The number of nitrogens with zero attached hydrogens (tertiary/aromatic N) is 1. The van der Waals surface area contributed by atoms with E-state index in [9.17, 15) is 13.2 Å². The van der Waals surface area contributed by atoms with Crippen LogP contribution in [0.15, 0.2) is 48.5 Å². The van der Waals surface area contributed by atoms with Crippen molar-refractivity contribution < 1.29 is 22.7 Å². The van der Waals surface area contributed by atoms with Crippen molar-refractivity contribution in [3.63, 3.8) is 0 Å². The van der Waals surface area contributed by atoms with Crippen LogP contribution in [0.4, 0.5) is 5.69 Å². The quantitative estimate of drug-likeness (QED) is 0.674. The highest BCUT2D eigenvalue weighted by Crippen LogP contribution is 2.22. The Bertz CT molecular complexity index is 911. The first-order chi connectivity index (χ1) is 13.7. The van der Waals surface area contributed by atoms with Gasteiger partial charge < -0.3 is 14.8 Å². The van der Waals surface area contributed by atoms with Crippen molar-refractivity contribution in [1.29, 1.82) is 0 Å². The number of amides is 1. The first-order valence-electron chi connectivity index (χ1n) is 9.30. The van der Waals surface area contributed by atoms with Gasteiger partial charge in [-0.1, -0.05) is 19.1 Å². The Morgan fingerprint density at radius 3 is 2.10 bits per heavy atom. The van der Waals surface area contributed by atoms with Gasteiger partial charge in [0.25, 0.3) is 5.91 Å². The molecule has 7 nitrogen and oxygen atoms in total. The minimum absolute atomic E-state index is 0.134. The van der Waals surface area contributed by atoms with E-state index in [1.807, 2.05) is 31.2 Å². The molecule has 0 unspecified atom stereocenters. The smallest absolute Gasteiger partial charge is 0.261 e. The van der Waals surface area contributed by atoms with Crippen LogP contribution in [0, 0.1) is 0 Å². The van der Waals surface area contributed by atoms with Crippen LogP contribution in [-0.2, 0) is 14.8 Å². The van der Waals surface area contributed by atoms with Gasteiger partial charge in [-0.15, -0.1) is 0 Å². The predicted molar refractivity (Wildman–Crippen MR) is 114 cm³/mol. The van der Waals surface area contributed by atoms with Crippen LogP contribution in [0.25, 0.3) is 0 Å². The molecule has 0 heterocycles. The number of benzene rings is 2. The third-order valence-electron chi connectivity index (χ3n) is 4.62. The molecule has 1 amide bonds. The van der Waals surface area contributed by atoms with E-state index in [0.29, 0.717) is 11.4 Å². The number of nitrogens with one attached hydrogen (secondary N) is 1. The second-order valence-corrected chi connectivity index (χ2v) is 8.74. The average molecular weight is 421 g/mol. The van der Waals surface area contributed by atoms with E-state index < -0.39 is 16.1 Å². The molecular weight excluding hydrogens is 392 g/mol. The SMILES string of the molecule is CC[C@H](NC(=O)[C@@H](C)Oc1ccc(N(C)S(C)(=O)=O)cc1)c1ccc(OC)cc1. The summed E-state index contributed by atoms with van der Waals surface area (Å²) < 4.78 is 35.3. The Hall–Kier alpha value is -2.74. The molecule has 8 heteroatoms. The second-order valence-electron chi connectivity index (χ2n) is 6.73. The number of carbonyl (C=O) groups is 1. The molecule has 2 aromatic rings. The summed E-state index contributed by atoms with van der Waals surface area (Å²) in [6.45, 7) is 3.67. The highest BCUT2D eigenvalue weighted by atomic mass is 32.2. The van der Waals surface area contributed by atoms with E-state index in [1.165, 1.54) is 11.4 Å². The number of hydrogen-bond acceptors (Lipinski definition) is 5. The van der Waals surface area contributed by atoms with E-state index >= 15 is 0 Å². The fourth-order valence-corrected chi connectivity index (χ4v) is 3.23. The molecule has 0 aliphatic heterocycles.